The van der Waals surface area contributed by atoms with Crippen molar-refractivity contribution in [2.75, 3.05) is 27.4 Å². The number of benzene rings is 1. The van der Waals surface area contributed by atoms with E-state index in [1.807, 2.05) is 12.3 Å². The molecule has 0 amide bonds. The average Bonchev–Trinajstić information content (AvgIpc) is 2.63. The Morgan fingerprint density at radius 2 is 2.00 bits per heavy atom. The zero-order chi connectivity index (χ0) is 17.8. The van der Waals surface area contributed by atoms with Gasteiger partial charge in [0.25, 0.3) is 0 Å². The van der Waals surface area contributed by atoms with Crippen molar-refractivity contribution in [3.05, 3.63) is 46.2 Å². The fourth-order valence-electron chi connectivity index (χ4n) is 3.39. The smallest absolute Gasteiger partial charge is 0.182 e. The van der Waals surface area contributed by atoms with E-state index in [-0.39, 0.29) is 5.43 Å². The van der Waals surface area contributed by atoms with Crippen LogP contribution in [0.3, 0.4) is 0 Å². The molecule has 1 atom stereocenters. The lowest BCUT2D eigenvalue weighted by Crippen LogP contribution is -2.21. The molecular formula is C20H25NO4. The maximum absolute atomic E-state index is 11.9. The van der Waals surface area contributed by atoms with E-state index in [0.717, 1.165) is 36.3 Å². The first-order valence-electron chi connectivity index (χ1n) is 8.73. The molecule has 2 heterocycles. The molecule has 1 aromatic carbocycles. The van der Waals surface area contributed by atoms with Crippen molar-refractivity contribution in [2.24, 2.45) is 0 Å². The lowest BCUT2D eigenvalue weighted by Gasteiger charge is -2.30. The molecule has 25 heavy (non-hydrogen) atoms. The topological polar surface area (TPSA) is 49.7 Å². The van der Waals surface area contributed by atoms with Crippen LogP contribution in [0.5, 0.6) is 11.5 Å². The van der Waals surface area contributed by atoms with Crippen LogP contribution in [0.25, 0.3) is 11.3 Å². The van der Waals surface area contributed by atoms with E-state index in [4.69, 9.17) is 14.2 Å². The molecule has 0 radical (unpaired) electrons. The van der Waals surface area contributed by atoms with Crippen molar-refractivity contribution in [2.45, 2.75) is 32.2 Å². The van der Waals surface area contributed by atoms with Gasteiger partial charge in [0.2, 0.25) is 0 Å². The summed E-state index contributed by atoms with van der Waals surface area (Å²) in [5.74, 6) is 1.44. The number of nitrogens with zero attached hydrogens (tertiary/aromatic N) is 1. The van der Waals surface area contributed by atoms with Crippen molar-refractivity contribution in [1.29, 1.82) is 0 Å². The van der Waals surface area contributed by atoms with E-state index in [1.165, 1.54) is 5.56 Å². The first kappa shape index (κ1) is 17.5. The van der Waals surface area contributed by atoms with Crippen LogP contribution in [0.4, 0.5) is 0 Å². The molecule has 2 aromatic rings. The van der Waals surface area contributed by atoms with Gasteiger partial charge < -0.3 is 18.8 Å². The number of ether oxygens (including phenoxy) is 3. The molecule has 0 spiro atoms. The summed E-state index contributed by atoms with van der Waals surface area (Å²) >= 11 is 0. The van der Waals surface area contributed by atoms with Gasteiger partial charge in [-0.1, -0.05) is 6.92 Å². The second-order valence-electron chi connectivity index (χ2n) is 6.28. The molecule has 3 rings (SSSR count). The van der Waals surface area contributed by atoms with Crippen LogP contribution in [-0.2, 0) is 11.2 Å². The molecule has 5 nitrogen and oxygen atoms in total. The Balaban J connectivity index is 2.00. The number of aromatic nitrogens is 1. The fourth-order valence-corrected chi connectivity index (χ4v) is 3.39. The molecule has 0 fully saturated rings. The summed E-state index contributed by atoms with van der Waals surface area (Å²) in [6, 6.07) is 7.72. The van der Waals surface area contributed by atoms with E-state index >= 15 is 0 Å². The minimum absolute atomic E-state index is 0.0211. The first-order chi connectivity index (χ1) is 12.2. The van der Waals surface area contributed by atoms with Gasteiger partial charge in [0.05, 0.1) is 19.4 Å². The number of hydrogen-bond donors (Lipinski definition) is 0. The van der Waals surface area contributed by atoms with Crippen molar-refractivity contribution in [3.8, 4) is 22.8 Å². The minimum Gasteiger partial charge on any atom is -0.493 e. The maximum atomic E-state index is 11.9. The van der Waals surface area contributed by atoms with E-state index in [0.29, 0.717) is 25.0 Å². The van der Waals surface area contributed by atoms with Crippen LogP contribution in [0.15, 0.2) is 35.3 Å². The molecule has 1 unspecified atom stereocenters. The van der Waals surface area contributed by atoms with Crippen molar-refractivity contribution >= 4 is 0 Å². The van der Waals surface area contributed by atoms with Crippen LogP contribution >= 0.6 is 0 Å². The summed E-state index contributed by atoms with van der Waals surface area (Å²) in [6.45, 7) is 3.42. The van der Waals surface area contributed by atoms with E-state index in [9.17, 15) is 4.79 Å². The third-order valence-electron chi connectivity index (χ3n) is 4.69. The molecule has 1 aromatic heterocycles. The lowest BCUT2D eigenvalue weighted by molar-refractivity contribution is 0.170. The molecule has 5 heteroatoms. The van der Waals surface area contributed by atoms with Gasteiger partial charge in [-0.25, -0.2) is 0 Å². The molecule has 0 saturated heterocycles. The average molecular weight is 343 g/mol. The summed E-state index contributed by atoms with van der Waals surface area (Å²) in [5.41, 5.74) is 3.21. The second kappa shape index (κ2) is 7.74. The predicted molar refractivity (Wildman–Crippen MR) is 97.7 cm³/mol. The van der Waals surface area contributed by atoms with Crippen LogP contribution < -0.4 is 14.9 Å². The van der Waals surface area contributed by atoms with Gasteiger partial charge in [-0.2, -0.15) is 0 Å². The van der Waals surface area contributed by atoms with Crippen molar-refractivity contribution in [3.63, 3.8) is 0 Å². The Hall–Kier alpha value is -2.27. The highest BCUT2D eigenvalue weighted by Crippen LogP contribution is 2.41. The Labute approximate surface area is 148 Å². The Kier molecular flexibility index (Phi) is 5.43. The summed E-state index contributed by atoms with van der Waals surface area (Å²) in [5, 5.41) is 0. The molecule has 1 aliphatic rings. The van der Waals surface area contributed by atoms with Gasteiger partial charge in [-0.3, -0.25) is 4.79 Å². The summed E-state index contributed by atoms with van der Waals surface area (Å²) < 4.78 is 18.7. The second-order valence-corrected chi connectivity index (χ2v) is 6.28. The standard InChI is InChI=1S/C20H25NO4/c1-4-15-10-14-11-20(25-9-5-8-23-2)19(24-3)13-17(14)18-12-16(22)6-7-21(15)18/h6-7,11-13,15H,4-5,8-10H2,1-3H3. The predicted octanol–water partition coefficient (Wildman–Crippen LogP) is 3.45. The van der Waals surface area contributed by atoms with Gasteiger partial charge in [0.15, 0.2) is 16.9 Å². The number of hydrogen-bond acceptors (Lipinski definition) is 4. The maximum Gasteiger partial charge on any atom is 0.182 e. The number of rotatable bonds is 7. The van der Waals surface area contributed by atoms with Crippen molar-refractivity contribution in [1.82, 2.24) is 4.57 Å². The van der Waals surface area contributed by atoms with Gasteiger partial charge in [0, 0.05) is 50.1 Å². The highest BCUT2D eigenvalue weighted by atomic mass is 16.5. The third kappa shape index (κ3) is 3.56. The molecule has 1 aliphatic heterocycles. The number of methoxy groups -OCH3 is 2. The molecule has 134 valence electrons. The molecule has 0 bridgehead atoms. The fraction of sp³-hybridized carbons (Fsp3) is 0.450. The van der Waals surface area contributed by atoms with E-state index < -0.39 is 0 Å². The Morgan fingerprint density at radius 3 is 2.72 bits per heavy atom. The van der Waals surface area contributed by atoms with Crippen LogP contribution in [0, 0.1) is 0 Å². The summed E-state index contributed by atoms with van der Waals surface area (Å²) in [7, 11) is 3.32. The SMILES string of the molecule is CCC1Cc2cc(OCCCOC)c(OC)cc2-c2cc(=O)ccn21. The van der Waals surface area contributed by atoms with Gasteiger partial charge in [-0.05, 0) is 30.5 Å². The molecule has 0 saturated carbocycles. The quantitative estimate of drug-likeness (QED) is 0.723. The van der Waals surface area contributed by atoms with E-state index in [1.54, 1.807) is 26.4 Å². The van der Waals surface area contributed by atoms with Crippen LogP contribution in [-0.4, -0.2) is 32.0 Å². The van der Waals surface area contributed by atoms with Gasteiger partial charge in [-0.15, -0.1) is 0 Å². The third-order valence-corrected chi connectivity index (χ3v) is 4.69. The highest BCUT2D eigenvalue weighted by molar-refractivity contribution is 5.70. The zero-order valence-electron chi connectivity index (χ0n) is 15.1. The highest BCUT2D eigenvalue weighted by Gasteiger charge is 2.24. The monoisotopic (exact) mass is 343 g/mol. The van der Waals surface area contributed by atoms with Crippen molar-refractivity contribution < 1.29 is 14.2 Å². The summed E-state index contributed by atoms with van der Waals surface area (Å²) in [4.78, 5) is 11.9. The normalized spacial score (nSPS) is 15.4. The lowest BCUT2D eigenvalue weighted by atomic mass is 9.91. The van der Waals surface area contributed by atoms with E-state index in [2.05, 4.69) is 17.6 Å². The molecule has 0 N–H and O–H groups in total. The first-order valence-corrected chi connectivity index (χ1v) is 8.73. The minimum atomic E-state index is 0.0211. The number of pyridine rings is 1. The zero-order valence-corrected chi connectivity index (χ0v) is 15.1. The molecule has 0 aliphatic carbocycles. The van der Waals surface area contributed by atoms with Gasteiger partial charge in [0.1, 0.15) is 0 Å². The Bertz CT molecular complexity index is 797. The van der Waals surface area contributed by atoms with Gasteiger partial charge >= 0.3 is 0 Å². The largest absolute Gasteiger partial charge is 0.493 e. The van der Waals surface area contributed by atoms with Crippen LogP contribution in [0.2, 0.25) is 0 Å². The summed E-state index contributed by atoms with van der Waals surface area (Å²) in [6.07, 6.45) is 4.65. The molecular weight excluding hydrogens is 318 g/mol. The van der Waals surface area contributed by atoms with Crippen LogP contribution in [0.1, 0.15) is 31.4 Å². The number of fused-ring (bicyclic) bond motifs is 3. The Morgan fingerprint density at radius 1 is 1.16 bits per heavy atom.